The molecule has 92 valence electrons. The zero-order valence-corrected chi connectivity index (χ0v) is 9.54. The molecule has 0 fully saturated rings. The first kappa shape index (κ1) is 11.9. The van der Waals surface area contributed by atoms with Gasteiger partial charge in [0.25, 0.3) is 0 Å². The molecule has 0 aliphatic carbocycles. The van der Waals surface area contributed by atoms with E-state index in [2.05, 4.69) is 10.3 Å². The average molecular weight is 244 g/mol. The van der Waals surface area contributed by atoms with Crippen molar-refractivity contribution < 1.29 is 14.6 Å². The van der Waals surface area contributed by atoms with Gasteiger partial charge in [-0.15, -0.1) is 0 Å². The van der Waals surface area contributed by atoms with Gasteiger partial charge >= 0.3 is 6.09 Å². The van der Waals surface area contributed by atoms with Crippen LogP contribution in [0.15, 0.2) is 48.8 Å². The van der Waals surface area contributed by atoms with Gasteiger partial charge in [-0.2, -0.15) is 0 Å². The van der Waals surface area contributed by atoms with E-state index >= 15 is 0 Å². The Balaban J connectivity index is 1.88. The molecule has 18 heavy (non-hydrogen) atoms. The number of hydrogen-bond acceptors (Lipinski definition) is 4. The Morgan fingerprint density at radius 3 is 2.78 bits per heavy atom. The molecule has 1 heterocycles. The van der Waals surface area contributed by atoms with E-state index in [1.54, 1.807) is 0 Å². The molecule has 0 unspecified atom stereocenters. The highest BCUT2D eigenvalue weighted by atomic mass is 16.5. The first-order valence-electron chi connectivity index (χ1n) is 5.36. The van der Waals surface area contributed by atoms with Gasteiger partial charge in [-0.1, -0.05) is 30.3 Å². The van der Waals surface area contributed by atoms with E-state index in [-0.39, 0.29) is 18.0 Å². The van der Waals surface area contributed by atoms with Gasteiger partial charge in [0.2, 0.25) is 0 Å². The SMILES string of the molecule is O=C(Nc1ccncc1O)OCc1ccccc1. The molecule has 0 saturated heterocycles. The van der Waals surface area contributed by atoms with Crippen LogP contribution in [0.3, 0.4) is 0 Å². The second-order valence-electron chi connectivity index (χ2n) is 3.58. The molecule has 1 amide bonds. The molecule has 5 nitrogen and oxygen atoms in total. The monoisotopic (exact) mass is 244 g/mol. The van der Waals surface area contributed by atoms with Gasteiger partial charge in [0, 0.05) is 6.20 Å². The number of benzene rings is 1. The molecule has 2 aromatic rings. The summed E-state index contributed by atoms with van der Waals surface area (Å²) in [6, 6.07) is 10.8. The second-order valence-corrected chi connectivity index (χ2v) is 3.58. The van der Waals surface area contributed by atoms with Crippen molar-refractivity contribution >= 4 is 11.8 Å². The number of ether oxygens (including phenoxy) is 1. The summed E-state index contributed by atoms with van der Waals surface area (Å²) >= 11 is 0. The van der Waals surface area contributed by atoms with Crippen LogP contribution in [0.2, 0.25) is 0 Å². The van der Waals surface area contributed by atoms with Crippen LogP contribution in [0.4, 0.5) is 10.5 Å². The fourth-order valence-corrected chi connectivity index (χ4v) is 1.36. The number of pyridine rings is 1. The summed E-state index contributed by atoms with van der Waals surface area (Å²) in [6.07, 6.45) is 2.08. The summed E-state index contributed by atoms with van der Waals surface area (Å²) in [6.45, 7) is 0.179. The number of anilines is 1. The highest BCUT2D eigenvalue weighted by molar-refractivity contribution is 5.86. The molecule has 0 spiro atoms. The average Bonchev–Trinajstić information content (AvgIpc) is 2.40. The molecule has 2 rings (SSSR count). The minimum absolute atomic E-state index is 0.103. The first-order chi connectivity index (χ1) is 8.75. The lowest BCUT2D eigenvalue weighted by Gasteiger charge is -2.07. The normalized spacial score (nSPS) is 9.78. The van der Waals surface area contributed by atoms with Crippen molar-refractivity contribution in [3.05, 3.63) is 54.4 Å². The molecule has 1 aromatic carbocycles. The zero-order chi connectivity index (χ0) is 12.8. The molecular formula is C13H12N2O3. The third-order valence-corrected chi connectivity index (χ3v) is 2.25. The number of aromatic hydroxyl groups is 1. The van der Waals surface area contributed by atoms with E-state index in [0.717, 1.165) is 5.56 Å². The maximum atomic E-state index is 11.5. The predicted octanol–water partition coefficient (Wildman–Crippen LogP) is 2.54. The third-order valence-electron chi connectivity index (χ3n) is 2.25. The van der Waals surface area contributed by atoms with Crippen molar-refractivity contribution in [1.82, 2.24) is 4.98 Å². The largest absolute Gasteiger partial charge is 0.504 e. The maximum Gasteiger partial charge on any atom is 0.412 e. The Morgan fingerprint density at radius 2 is 2.06 bits per heavy atom. The number of amides is 1. The Kier molecular flexibility index (Phi) is 3.76. The Bertz CT molecular complexity index is 529. The molecule has 0 radical (unpaired) electrons. The standard InChI is InChI=1S/C13H12N2O3/c16-12-8-14-7-6-11(12)15-13(17)18-9-10-4-2-1-3-5-10/h1-8,16H,9H2,(H,14,15,17). The van der Waals surface area contributed by atoms with E-state index < -0.39 is 6.09 Å². The molecule has 5 heteroatoms. The molecule has 0 saturated carbocycles. The molecular weight excluding hydrogens is 232 g/mol. The van der Waals surface area contributed by atoms with Crippen molar-refractivity contribution in [3.8, 4) is 5.75 Å². The molecule has 0 aliphatic heterocycles. The molecule has 0 aliphatic rings. The van der Waals surface area contributed by atoms with Crippen LogP contribution in [0.5, 0.6) is 5.75 Å². The van der Waals surface area contributed by atoms with Crippen LogP contribution in [-0.4, -0.2) is 16.2 Å². The zero-order valence-electron chi connectivity index (χ0n) is 9.54. The lowest BCUT2D eigenvalue weighted by molar-refractivity contribution is 0.155. The number of nitrogens with one attached hydrogen (secondary N) is 1. The van der Waals surface area contributed by atoms with Gasteiger partial charge in [0.1, 0.15) is 6.61 Å². The third kappa shape index (κ3) is 3.21. The molecule has 0 atom stereocenters. The second kappa shape index (κ2) is 5.67. The fourth-order valence-electron chi connectivity index (χ4n) is 1.36. The predicted molar refractivity (Wildman–Crippen MR) is 66.2 cm³/mol. The van der Waals surface area contributed by atoms with E-state index in [0.29, 0.717) is 0 Å². The van der Waals surface area contributed by atoms with Gasteiger partial charge in [0.15, 0.2) is 5.75 Å². The van der Waals surface area contributed by atoms with E-state index in [9.17, 15) is 9.90 Å². The van der Waals surface area contributed by atoms with E-state index in [1.165, 1.54) is 18.5 Å². The van der Waals surface area contributed by atoms with Crippen LogP contribution in [0.1, 0.15) is 5.56 Å². The molecule has 0 bridgehead atoms. The van der Waals surface area contributed by atoms with Crippen LogP contribution in [0.25, 0.3) is 0 Å². The number of nitrogens with zero attached hydrogens (tertiary/aromatic N) is 1. The van der Waals surface area contributed by atoms with Crippen LogP contribution >= 0.6 is 0 Å². The van der Waals surface area contributed by atoms with Crippen molar-refractivity contribution in [2.45, 2.75) is 6.61 Å². The highest BCUT2D eigenvalue weighted by Crippen LogP contribution is 2.20. The Morgan fingerprint density at radius 1 is 1.28 bits per heavy atom. The summed E-state index contributed by atoms with van der Waals surface area (Å²) in [4.78, 5) is 15.2. The minimum atomic E-state index is -0.625. The van der Waals surface area contributed by atoms with E-state index in [4.69, 9.17) is 4.74 Å². The summed E-state index contributed by atoms with van der Waals surface area (Å²) in [5.41, 5.74) is 1.16. The summed E-state index contributed by atoms with van der Waals surface area (Å²) < 4.78 is 5.01. The number of rotatable bonds is 3. The lowest BCUT2D eigenvalue weighted by Crippen LogP contribution is -2.13. The summed E-state index contributed by atoms with van der Waals surface area (Å²) in [5, 5.41) is 11.8. The number of aromatic nitrogens is 1. The van der Waals surface area contributed by atoms with Gasteiger partial charge in [0.05, 0.1) is 11.9 Å². The molecule has 2 N–H and O–H groups in total. The van der Waals surface area contributed by atoms with E-state index in [1.807, 2.05) is 30.3 Å². The Labute approximate surface area is 104 Å². The van der Waals surface area contributed by atoms with Gasteiger partial charge < -0.3 is 9.84 Å². The smallest absolute Gasteiger partial charge is 0.412 e. The van der Waals surface area contributed by atoms with Crippen LogP contribution in [-0.2, 0) is 11.3 Å². The maximum absolute atomic E-state index is 11.5. The fraction of sp³-hybridized carbons (Fsp3) is 0.0769. The van der Waals surface area contributed by atoms with Crippen molar-refractivity contribution in [2.75, 3.05) is 5.32 Å². The molecule has 1 aromatic heterocycles. The Hall–Kier alpha value is -2.56. The first-order valence-corrected chi connectivity index (χ1v) is 5.36. The minimum Gasteiger partial charge on any atom is -0.504 e. The summed E-state index contributed by atoms with van der Waals surface area (Å²) in [7, 11) is 0. The number of hydrogen-bond donors (Lipinski definition) is 2. The van der Waals surface area contributed by atoms with Gasteiger partial charge in [-0.05, 0) is 11.6 Å². The van der Waals surface area contributed by atoms with Gasteiger partial charge in [-0.3, -0.25) is 10.3 Å². The lowest BCUT2D eigenvalue weighted by atomic mass is 10.2. The topological polar surface area (TPSA) is 71.5 Å². The number of carbonyl (C=O) groups is 1. The highest BCUT2D eigenvalue weighted by Gasteiger charge is 2.06. The number of carbonyl (C=O) groups excluding carboxylic acids is 1. The van der Waals surface area contributed by atoms with Gasteiger partial charge in [-0.25, -0.2) is 4.79 Å². The van der Waals surface area contributed by atoms with Crippen molar-refractivity contribution in [1.29, 1.82) is 0 Å². The van der Waals surface area contributed by atoms with Crippen LogP contribution in [0, 0.1) is 0 Å². The van der Waals surface area contributed by atoms with Crippen LogP contribution < -0.4 is 5.32 Å². The quantitative estimate of drug-likeness (QED) is 0.870. The summed E-state index contributed by atoms with van der Waals surface area (Å²) in [5.74, 6) is -0.103. The van der Waals surface area contributed by atoms with Crippen molar-refractivity contribution in [2.24, 2.45) is 0 Å². The van der Waals surface area contributed by atoms with Crippen molar-refractivity contribution in [3.63, 3.8) is 0 Å².